The van der Waals surface area contributed by atoms with Crippen molar-refractivity contribution in [1.82, 2.24) is 24.8 Å². The van der Waals surface area contributed by atoms with E-state index in [2.05, 4.69) is 20.4 Å². The molecule has 1 unspecified atom stereocenters. The van der Waals surface area contributed by atoms with Gasteiger partial charge in [-0.3, -0.25) is 9.20 Å². The molecule has 0 spiro atoms. The van der Waals surface area contributed by atoms with Crippen LogP contribution in [0.5, 0.6) is 0 Å². The standard InChI is InChI=1S/C17H19N5O3/c1-11-19-17(25-21-11)15(12-5-8-24-9-6-12)20-16(23)13-10-18-14-4-2-3-7-22(13)14/h2-4,7,10,12,15H,5-6,8-9H2,1H3,(H,20,23). The van der Waals surface area contributed by atoms with Crippen LogP contribution in [0.4, 0.5) is 0 Å². The molecule has 1 N–H and O–H groups in total. The highest BCUT2D eigenvalue weighted by atomic mass is 16.5. The van der Waals surface area contributed by atoms with Crippen LogP contribution in [-0.2, 0) is 4.74 Å². The van der Waals surface area contributed by atoms with E-state index >= 15 is 0 Å². The Morgan fingerprint density at radius 3 is 2.96 bits per heavy atom. The molecule has 1 fully saturated rings. The normalized spacial score (nSPS) is 16.8. The fourth-order valence-electron chi connectivity index (χ4n) is 3.19. The van der Waals surface area contributed by atoms with Crippen LogP contribution in [0.1, 0.15) is 41.1 Å². The zero-order valence-corrected chi connectivity index (χ0v) is 13.9. The van der Waals surface area contributed by atoms with Crippen LogP contribution >= 0.6 is 0 Å². The summed E-state index contributed by atoms with van der Waals surface area (Å²) in [4.78, 5) is 21.5. The topological polar surface area (TPSA) is 94.6 Å². The van der Waals surface area contributed by atoms with Crippen molar-refractivity contribution in [1.29, 1.82) is 0 Å². The molecule has 3 aromatic rings. The highest BCUT2D eigenvalue weighted by molar-refractivity contribution is 5.93. The molecule has 8 nitrogen and oxygen atoms in total. The predicted octanol–water partition coefficient (Wildman–Crippen LogP) is 1.92. The van der Waals surface area contributed by atoms with Crippen molar-refractivity contribution in [2.75, 3.05) is 13.2 Å². The van der Waals surface area contributed by atoms with Gasteiger partial charge in [0, 0.05) is 19.4 Å². The molecular weight excluding hydrogens is 322 g/mol. The lowest BCUT2D eigenvalue weighted by atomic mass is 9.91. The van der Waals surface area contributed by atoms with Crippen LogP contribution < -0.4 is 5.32 Å². The highest BCUT2D eigenvalue weighted by Gasteiger charge is 2.32. The van der Waals surface area contributed by atoms with Crippen molar-refractivity contribution in [2.24, 2.45) is 5.92 Å². The lowest BCUT2D eigenvalue weighted by Gasteiger charge is -2.28. The molecule has 0 saturated carbocycles. The number of carbonyl (C=O) groups excluding carboxylic acids is 1. The quantitative estimate of drug-likeness (QED) is 0.779. The molecule has 1 amide bonds. The minimum Gasteiger partial charge on any atom is -0.381 e. The average Bonchev–Trinajstić information content (AvgIpc) is 3.26. The van der Waals surface area contributed by atoms with E-state index in [1.165, 1.54) is 0 Å². The highest BCUT2D eigenvalue weighted by Crippen LogP contribution is 2.29. The molecule has 0 bridgehead atoms. The monoisotopic (exact) mass is 341 g/mol. The third-order valence-electron chi connectivity index (χ3n) is 4.48. The third kappa shape index (κ3) is 3.12. The van der Waals surface area contributed by atoms with Crippen molar-refractivity contribution in [3.63, 3.8) is 0 Å². The first-order valence-electron chi connectivity index (χ1n) is 8.33. The predicted molar refractivity (Wildman–Crippen MR) is 88.0 cm³/mol. The van der Waals surface area contributed by atoms with Gasteiger partial charge in [-0.1, -0.05) is 11.2 Å². The van der Waals surface area contributed by atoms with Gasteiger partial charge in [0.15, 0.2) is 5.82 Å². The van der Waals surface area contributed by atoms with Gasteiger partial charge in [-0.15, -0.1) is 0 Å². The Morgan fingerprint density at radius 1 is 1.36 bits per heavy atom. The van der Waals surface area contributed by atoms with E-state index < -0.39 is 0 Å². The van der Waals surface area contributed by atoms with Crippen molar-refractivity contribution in [3.8, 4) is 0 Å². The summed E-state index contributed by atoms with van der Waals surface area (Å²) in [5, 5.41) is 6.93. The number of imidazole rings is 1. The fraction of sp³-hybridized carbons (Fsp3) is 0.412. The van der Waals surface area contributed by atoms with Crippen LogP contribution in [0.3, 0.4) is 0 Å². The third-order valence-corrected chi connectivity index (χ3v) is 4.48. The molecule has 130 valence electrons. The van der Waals surface area contributed by atoms with Gasteiger partial charge < -0.3 is 14.6 Å². The number of carbonyl (C=O) groups is 1. The molecule has 0 radical (unpaired) electrons. The number of ether oxygens (including phenoxy) is 1. The van der Waals surface area contributed by atoms with Crippen LogP contribution in [-0.4, -0.2) is 38.6 Å². The first-order valence-corrected chi connectivity index (χ1v) is 8.33. The second kappa shape index (κ2) is 6.64. The number of rotatable bonds is 4. The van der Waals surface area contributed by atoms with E-state index in [0.717, 1.165) is 18.5 Å². The smallest absolute Gasteiger partial charge is 0.270 e. The van der Waals surface area contributed by atoms with E-state index in [-0.39, 0.29) is 17.9 Å². The van der Waals surface area contributed by atoms with Crippen molar-refractivity contribution in [2.45, 2.75) is 25.8 Å². The fourth-order valence-corrected chi connectivity index (χ4v) is 3.19. The number of hydrogen-bond acceptors (Lipinski definition) is 6. The van der Waals surface area contributed by atoms with Gasteiger partial charge >= 0.3 is 0 Å². The van der Waals surface area contributed by atoms with Crippen LogP contribution in [0.2, 0.25) is 0 Å². The lowest BCUT2D eigenvalue weighted by Crippen LogP contribution is -2.36. The van der Waals surface area contributed by atoms with Gasteiger partial charge in [-0.2, -0.15) is 4.98 Å². The molecule has 1 saturated heterocycles. The molecular formula is C17H19N5O3. The Hall–Kier alpha value is -2.74. The molecule has 1 aliphatic rings. The summed E-state index contributed by atoms with van der Waals surface area (Å²) >= 11 is 0. The minimum atomic E-state index is -0.341. The van der Waals surface area contributed by atoms with Gasteiger partial charge in [0.25, 0.3) is 5.91 Å². The van der Waals surface area contributed by atoms with E-state index in [4.69, 9.17) is 9.26 Å². The molecule has 4 heterocycles. The maximum atomic E-state index is 12.9. The molecule has 0 aromatic carbocycles. The summed E-state index contributed by atoms with van der Waals surface area (Å²) < 4.78 is 12.5. The number of fused-ring (bicyclic) bond motifs is 1. The van der Waals surface area contributed by atoms with E-state index in [1.54, 1.807) is 17.5 Å². The maximum absolute atomic E-state index is 12.9. The zero-order chi connectivity index (χ0) is 17.2. The van der Waals surface area contributed by atoms with Gasteiger partial charge in [0.05, 0.1) is 6.20 Å². The van der Waals surface area contributed by atoms with Crippen LogP contribution in [0, 0.1) is 12.8 Å². The SMILES string of the molecule is Cc1noc(C(NC(=O)c2cnc3ccccn23)C2CCOCC2)n1. The summed E-state index contributed by atoms with van der Waals surface area (Å²) in [6.07, 6.45) is 5.06. The lowest BCUT2D eigenvalue weighted by molar-refractivity contribution is 0.0467. The Kier molecular flexibility index (Phi) is 4.19. The second-order valence-corrected chi connectivity index (χ2v) is 6.15. The van der Waals surface area contributed by atoms with Gasteiger partial charge in [-0.25, -0.2) is 4.98 Å². The Balaban J connectivity index is 1.62. The first kappa shape index (κ1) is 15.8. The average molecular weight is 341 g/mol. The van der Waals surface area contributed by atoms with E-state index in [0.29, 0.717) is 30.6 Å². The number of hydrogen-bond donors (Lipinski definition) is 1. The molecule has 8 heteroatoms. The number of aromatic nitrogens is 4. The maximum Gasteiger partial charge on any atom is 0.270 e. The molecule has 1 atom stereocenters. The van der Waals surface area contributed by atoms with Gasteiger partial charge in [0.2, 0.25) is 5.89 Å². The number of amides is 1. The summed E-state index contributed by atoms with van der Waals surface area (Å²) in [6, 6.07) is 5.26. The van der Waals surface area contributed by atoms with Crippen molar-refractivity contribution >= 4 is 11.6 Å². The van der Waals surface area contributed by atoms with Crippen molar-refractivity contribution in [3.05, 3.63) is 48.0 Å². The van der Waals surface area contributed by atoms with E-state index in [9.17, 15) is 4.79 Å². The largest absolute Gasteiger partial charge is 0.381 e. The molecule has 3 aromatic heterocycles. The van der Waals surface area contributed by atoms with Gasteiger partial charge in [0.1, 0.15) is 17.4 Å². The second-order valence-electron chi connectivity index (χ2n) is 6.15. The summed E-state index contributed by atoms with van der Waals surface area (Å²) in [5.74, 6) is 0.963. The summed E-state index contributed by atoms with van der Waals surface area (Å²) in [7, 11) is 0. The Morgan fingerprint density at radius 2 is 2.20 bits per heavy atom. The number of aryl methyl sites for hydroxylation is 1. The molecule has 4 rings (SSSR count). The number of nitrogens with zero attached hydrogens (tertiary/aromatic N) is 4. The summed E-state index contributed by atoms with van der Waals surface area (Å²) in [6.45, 7) is 3.10. The van der Waals surface area contributed by atoms with Crippen molar-refractivity contribution < 1.29 is 14.1 Å². The number of pyridine rings is 1. The van der Waals surface area contributed by atoms with Gasteiger partial charge in [-0.05, 0) is 37.8 Å². The Bertz CT molecular complexity index is 881. The van der Waals surface area contributed by atoms with Crippen LogP contribution in [0.15, 0.2) is 35.1 Å². The molecule has 0 aliphatic carbocycles. The first-order chi connectivity index (χ1) is 12.2. The summed E-state index contributed by atoms with van der Waals surface area (Å²) in [5.41, 5.74) is 1.20. The minimum absolute atomic E-state index is 0.191. The zero-order valence-electron chi connectivity index (χ0n) is 13.9. The van der Waals surface area contributed by atoms with E-state index in [1.807, 2.05) is 24.4 Å². The molecule has 1 aliphatic heterocycles. The molecule has 25 heavy (non-hydrogen) atoms. The van der Waals surface area contributed by atoms with Crippen LogP contribution in [0.25, 0.3) is 5.65 Å². The Labute approximate surface area is 144 Å². The number of nitrogens with one attached hydrogen (secondary N) is 1.